The molecule has 0 aliphatic carbocycles. The number of nitrogens with one attached hydrogen (secondary N) is 1. The van der Waals surface area contributed by atoms with Crippen LogP contribution in [0.1, 0.15) is 0 Å². The van der Waals surface area contributed by atoms with Gasteiger partial charge in [0.1, 0.15) is 15.7 Å². The Morgan fingerprint density at radius 3 is 3.10 bits per heavy atom. The van der Waals surface area contributed by atoms with E-state index in [4.69, 9.17) is 4.74 Å². The number of hydrogen-bond acceptors (Lipinski definition) is 7. The summed E-state index contributed by atoms with van der Waals surface area (Å²) in [6.07, 6.45) is 2.92. The number of ether oxygens (including phenoxy) is 1. The number of sulfone groups is 1. The molecule has 1 aromatic heterocycles. The predicted molar refractivity (Wildman–Crippen MR) is 76.4 cm³/mol. The largest absolute Gasteiger partial charge is 0.374 e. The fraction of sp³-hybridized carbons (Fsp3) is 0.667. The highest BCUT2D eigenvalue weighted by Gasteiger charge is 2.21. The second kappa shape index (κ2) is 6.96. The van der Waals surface area contributed by atoms with E-state index in [2.05, 4.69) is 20.4 Å². The van der Waals surface area contributed by atoms with Crippen molar-refractivity contribution in [1.29, 1.82) is 0 Å². The topological polar surface area (TPSA) is 84.4 Å². The van der Waals surface area contributed by atoms with Crippen LogP contribution in [0, 0.1) is 0 Å². The summed E-state index contributed by atoms with van der Waals surface area (Å²) >= 11 is 0. The van der Waals surface area contributed by atoms with Crippen LogP contribution in [0.2, 0.25) is 0 Å². The lowest BCUT2D eigenvalue weighted by Crippen LogP contribution is -2.46. The fourth-order valence-electron chi connectivity index (χ4n) is 2.02. The van der Waals surface area contributed by atoms with Crippen molar-refractivity contribution in [2.45, 2.75) is 6.10 Å². The van der Waals surface area contributed by atoms with E-state index in [0.717, 1.165) is 13.1 Å². The third-order valence-electron chi connectivity index (χ3n) is 3.08. The molecule has 2 heterocycles. The van der Waals surface area contributed by atoms with Crippen molar-refractivity contribution < 1.29 is 13.2 Å². The molecule has 0 radical (unpaired) electrons. The average molecular weight is 300 g/mol. The molecule has 1 aliphatic rings. The Labute approximate surface area is 119 Å². The third-order valence-corrected chi connectivity index (χ3v) is 4.01. The van der Waals surface area contributed by atoms with Gasteiger partial charge in [-0.3, -0.25) is 4.90 Å². The molecule has 112 valence electrons. The standard InChI is InChI=1S/C12H20N4O3S/c1-20(17,18)8-6-16-5-7-19-11(10-16)9-13-12-3-2-4-14-15-12/h2-4,11H,5-10H2,1H3,(H,13,15)/t11-/m0/s1. The molecule has 1 atom stereocenters. The zero-order valence-corrected chi connectivity index (χ0v) is 12.3. The minimum atomic E-state index is -2.91. The van der Waals surface area contributed by atoms with Crippen LogP contribution in [0.25, 0.3) is 0 Å². The first-order valence-corrected chi connectivity index (χ1v) is 8.62. The molecule has 1 fully saturated rings. The second-order valence-corrected chi connectivity index (χ2v) is 7.17. The maximum Gasteiger partial charge on any atom is 0.148 e. The highest BCUT2D eigenvalue weighted by molar-refractivity contribution is 7.90. The Balaban J connectivity index is 1.76. The molecular weight excluding hydrogens is 280 g/mol. The highest BCUT2D eigenvalue weighted by atomic mass is 32.2. The monoisotopic (exact) mass is 300 g/mol. The van der Waals surface area contributed by atoms with Gasteiger partial charge in [0.15, 0.2) is 0 Å². The Hall–Kier alpha value is -1.25. The van der Waals surface area contributed by atoms with E-state index in [1.54, 1.807) is 6.20 Å². The van der Waals surface area contributed by atoms with Crippen molar-refractivity contribution in [2.24, 2.45) is 0 Å². The number of morpholine rings is 1. The molecule has 0 aromatic carbocycles. The molecule has 8 heteroatoms. The van der Waals surface area contributed by atoms with Gasteiger partial charge in [-0.05, 0) is 12.1 Å². The molecule has 1 N–H and O–H groups in total. The Kier molecular flexibility index (Phi) is 5.27. The first-order chi connectivity index (χ1) is 9.53. The van der Waals surface area contributed by atoms with E-state index in [-0.39, 0.29) is 11.9 Å². The molecule has 0 saturated carbocycles. The summed E-state index contributed by atoms with van der Waals surface area (Å²) < 4.78 is 28.0. The van der Waals surface area contributed by atoms with Crippen molar-refractivity contribution in [3.05, 3.63) is 18.3 Å². The van der Waals surface area contributed by atoms with Crippen LogP contribution in [0.5, 0.6) is 0 Å². The summed E-state index contributed by atoms with van der Waals surface area (Å²) in [4.78, 5) is 2.12. The lowest BCUT2D eigenvalue weighted by atomic mass is 10.2. The molecule has 20 heavy (non-hydrogen) atoms. The molecule has 0 unspecified atom stereocenters. The van der Waals surface area contributed by atoms with E-state index < -0.39 is 9.84 Å². The van der Waals surface area contributed by atoms with Crippen LogP contribution in [0.3, 0.4) is 0 Å². The van der Waals surface area contributed by atoms with Gasteiger partial charge in [-0.1, -0.05) is 0 Å². The second-order valence-electron chi connectivity index (χ2n) is 4.91. The van der Waals surface area contributed by atoms with E-state index in [1.165, 1.54) is 6.26 Å². The van der Waals surface area contributed by atoms with E-state index >= 15 is 0 Å². The van der Waals surface area contributed by atoms with Gasteiger partial charge in [0, 0.05) is 38.6 Å². The van der Waals surface area contributed by atoms with Crippen molar-refractivity contribution >= 4 is 15.7 Å². The summed E-state index contributed by atoms with van der Waals surface area (Å²) in [5.74, 6) is 0.904. The van der Waals surface area contributed by atoms with Gasteiger partial charge in [0.2, 0.25) is 0 Å². The lowest BCUT2D eigenvalue weighted by molar-refractivity contribution is -0.0189. The van der Waals surface area contributed by atoms with Crippen LogP contribution in [-0.2, 0) is 14.6 Å². The average Bonchev–Trinajstić information content (AvgIpc) is 2.44. The van der Waals surface area contributed by atoms with Crippen molar-refractivity contribution in [3.8, 4) is 0 Å². The molecule has 0 bridgehead atoms. The molecule has 7 nitrogen and oxygen atoms in total. The van der Waals surface area contributed by atoms with Crippen LogP contribution < -0.4 is 5.32 Å². The van der Waals surface area contributed by atoms with Crippen LogP contribution in [0.15, 0.2) is 18.3 Å². The Bertz CT molecular complexity index is 509. The van der Waals surface area contributed by atoms with Gasteiger partial charge in [-0.15, -0.1) is 5.10 Å². The van der Waals surface area contributed by atoms with Gasteiger partial charge >= 0.3 is 0 Å². The van der Waals surface area contributed by atoms with Gasteiger partial charge in [0.25, 0.3) is 0 Å². The van der Waals surface area contributed by atoms with E-state index in [1.807, 2.05) is 12.1 Å². The van der Waals surface area contributed by atoms with E-state index in [0.29, 0.717) is 25.5 Å². The summed E-state index contributed by atoms with van der Waals surface area (Å²) in [6.45, 7) is 3.31. The summed E-state index contributed by atoms with van der Waals surface area (Å²) in [6, 6.07) is 3.66. The molecule has 2 rings (SSSR count). The number of rotatable bonds is 6. The molecule has 1 aromatic rings. The Morgan fingerprint density at radius 2 is 2.40 bits per heavy atom. The van der Waals surface area contributed by atoms with Crippen molar-refractivity contribution in [1.82, 2.24) is 15.1 Å². The third kappa shape index (κ3) is 5.40. The van der Waals surface area contributed by atoms with E-state index in [9.17, 15) is 8.42 Å². The fourth-order valence-corrected chi connectivity index (χ4v) is 2.61. The van der Waals surface area contributed by atoms with Gasteiger partial charge in [0.05, 0.1) is 18.5 Å². The van der Waals surface area contributed by atoms with Crippen molar-refractivity contribution in [2.75, 3.05) is 50.1 Å². The number of anilines is 1. The normalized spacial score (nSPS) is 20.8. The van der Waals surface area contributed by atoms with Crippen LogP contribution in [0.4, 0.5) is 5.82 Å². The minimum absolute atomic E-state index is 0.0327. The quantitative estimate of drug-likeness (QED) is 0.767. The molecule has 0 spiro atoms. The zero-order chi connectivity index (χ0) is 14.4. The molecule has 0 amide bonds. The van der Waals surface area contributed by atoms with Crippen LogP contribution in [-0.4, -0.2) is 74.4 Å². The highest BCUT2D eigenvalue weighted by Crippen LogP contribution is 2.07. The first-order valence-electron chi connectivity index (χ1n) is 6.56. The first kappa shape index (κ1) is 15.1. The summed E-state index contributed by atoms with van der Waals surface area (Å²) in [5, 5.41) is 10.9. The zero-order valence-electron chi connectivity index (χ0n) is 11.5. The SMILES string of the molecule is CS(=O)(=O)CCN1CCO[C@@H](CNc2cccnn2)C1. The Morgan fingerprint density at radius 1 is 1.55 bits per heavy atom. The van der Waals surface area contributed by atoms with Gasteiger partial charge < -0.3 is 10.1 Å². The summed E-state index contributed by atoms with van der Waals surface area (Å²) in [7, 11) is -2.91. The predicted octanol–water partition coefficient (Wildman–Crippen LogP) is -0.366. The maximum atomic E-state index is 11.2. The van der Waals surface area contributed by atoms with Crippen LogP contribution >= 0.6 is 0 Å². The smallest absolute Gasteiger partial charge is 0.148 e. The molecule has 1 saturated heterocycles. The summed E-state index contributed by atoms with van der Waals surface area (Å²) in [5.41, 5.74) is 0. The molecular formula is C12H20N4O3S. The van der Waals surface area contributed by atoms with Gasteiger partial charge in [-0.25, -0.2) is 8.42 Å². The van der Waals surface area contributed by atoms with Gasteiger partial charge in [-0.2, -0.15) is 5.10 Å². The maximum absolute atomic E-state index is 11.2. The lowest BCUT2D eigenvalue weighted by Gasteiger charge is -2.32. The number of hydrogen-bond donors (Lipinski definition) is 1. The number of aromatic nitrogens is 2. The number of nitrogens with zero attached hydrogens (tertiary/aromatic N) is 3. The molecule has 1 aliphatic heterocycles. The minimum Gasteiger partial charge on any atom is -0.374 e. The van der Waals surface area contributed by atoms with Crippen molar-refractivity contribution in [3.63, 3.8) is 0 Å².